The average Bonchev–Trinajstić information content (AvgIpc) is 2.24. The van der Waals surface area contributed by atoms with Crippen LogP contribution in [-0.4, -0.2) is 13.0 Å². The number of hydrogen-bond donors (Lipinski definition) is 1. The second kappa shape index (κ2) is 5.44. The Kier molecular flexibility index (Phi) is 4.45. The highest BCUT2D eigenvalue weighted by atomic mass is 19.4. The highest BCUT2D eigenvalue weighted by molar-refractivity contribution is 5.27. The van der Waals surface area contributed by atoms with Gasteiger partial charge in [-0.1, -0.05) is 19.1 Å². The Morgan fingerprint density at radius 2 is 1.65 bits per heavy atom. The first-order valence-corrected chi connectivity index (χ1v) is 5.05. The summed E-state index contributed by atoms with van der Waals surface area (Å²) in [5.41, 5.74) is -0.694. The van der Waals surface area contributed by atoms with Gasteiger partial charge in [-0.2, -0.15) is 13.2 Å². The van der Waals surface area contributed by atoms with E-state index in [2.05, 4.69) is 5.32 Å². The lowest BCUT2D eigenvalue weighted by atomic mass is 10.0. The number of alkyl halides is 5. The van der Waals surface area contributed by atoms with Gasteiger partial charge in [-0.05, 0) is 24.2 Å². The summed E-state index contributed by atoms with van der Waals surface area (Å²) in [6.45, 7) is 1.97. The van der Waals surface area contributed by atoms with Crippen molar-refractivity contribution in [3.8, 4) is 0 Å². The van der Waals surface area contributed by atoms with Gasteiger partial charge in [-0.15, -0.1) is 0 Å². The van der Waals surface area contributed by atoms with E-state index < -0.39 is 24.2 Å². The summed E-state index contributed by atoms with van der Waals surface area (Å²) in [7, 11) is 0. The molecule has 0 aliphatic carbocycles. The van der Waals surface area contributed by atoms with Gasteiger partial charge in [0.05, 0.1) is 11.6 Å². The van der Waals surface area contributed by atoms with Crippen LogP contribution in [0.3, 0.4) is 0 Å². The van der Waals surface area contributed by atoms with Crippen LogP contribution >= 0.6 is 0 Å². The number of benzene rings is 1. The van der Waals surface area contributed by atoms with Crippen molar-refractivity contribution < 1.29 is 22.0 Å². The van der Waals surface area contributed by atoms with Crippen LogP contribution in [0.25, 0.3) is 0 Å². The standard InChI is InChI=1S/C11H12F5N/c1-2-17-9(10(12)13)7-3-5-8(6-4-7)11(14,15)16/h3-6,9-10,17H,2H2,1H3. The van der Waals surface area contributed by atoms with E-state index in [1.807, 2.05) is 0 Å². The molecule has 1 unspecified atom stereocenters. The molecule has 96 valence electrons. The monoisotopic (exact) mass is 253 g/mol. The minimum atomic E-state index is -4.45. The normalized spacial score (nSPS) is 14.1. The van der Waals surface area contributed by atoms with Crippen LogP contribution in [0, 0.1) is 0 Å². The van der Waals surface area contributed by atoms with Crippen molar-refractivity contribution in [1.82, 2.24) is 5.32 Å². The van der Waals surface area contributed by atoms with Gasteiger partial charge < -0.3 is 5.32 Å². The first-order chi connectivity index (χ1) is 7.86. The fraction of sp³-hybridized carbons (Fsp3) is 0.455. The first kappa shape index (κ1) is 13.9. The van der Waals surface area contributed by atoms with Crippen molar-refractivity contribution in [3.63, 3.8) is 0 Å². The Hall–Kier alpha value is -1.17. The van der Waals surface area contributed by atoms with Crippen molar-refractivity contribution in [2.45, 2.75) is 25.6 Å². The van der Waals surface area contributed by atoms with Crippen LogP contribution in [0.15, 0.2) is 24.3 Å². The summed E-state index contributed by atoms with van der Waals surface area (Å²) in [6, 6.07) is 2.52. The first-order valence-electron chi connectivity index (χ1n) is 5.05. The average molecular weight is 253 g/mol. The lowest BCUT2D eigenvalue weighted by molar-refractivity contribution is -0.137. The van der Waals surface area contributed by atoms with Gasteiger partial charge in [-0.3, -0.25) is 0 Å². The van der Waals surface area contributed by atoms with Gasteiger partial charge in [-0.25, -0.2) is 8.78 Å². The van der Waals surface area contributed by atoms with Crippen LogP contribution in [0.2, 0.25) is 0 Å². The molecule has 1 atom stereocenters. The third kappa shape index (κ3) is 3.66. The van der Waals surface area contributed by atoms with Crippen molar-refractivity contribution in [2.24, 2.45) is 0 Å². The molecule has 1 N–H and O–H groups in total. The van der Waals surface area contributed by atoms with Crippen molar-refractivity contribution in [2.75, 3.05) is 6.54 Å². The third-order valence-electron chi connectivity index (χ3n) is 2.27. The van der Waals surface area contributed by atoms with E-state index in [0.29, 0.717) is 6.54 Å². The molecule has 0 bridgehead atoms. The lowest BCUT2D eigenvalue weighted by Gasteiger charge is -2.17. The smallest absolute Gasteiger partial charge is 0.306 e. The molecule has 1 rings (SSSR count). The molecule has 0 saturated heterocycles. The Morgan fingerprint density at radius 1 is 1.12 bits per heavy atom. The molecule has 0 spiro atoms. The maximum atomic E-state index is 12.6. The number of halogens is 5. The highest BCUT2D eigenvalue weighted by Gasteiger charge is 2.30. The van der Waals surface area contributed by atoms with Crippen LogP contribution in [0.5, 0.6) is 0 Å². The maximum Gasteiger partial charge on any atom is 0.416 e. The largest absolute Gasteiger partial charge is 0.416 e. The van der Waals surface area contributed by atoms with Crippen LogP contribution in [0.1, 0.15) is 24.1 Å². The van der Waals surface area contributed by atoms with Crippen LogP contribution in [-0.2, 0) is 6.18 Å². The second-order valence-electron chi connectivity index (χ2n) is 3.49. The van der Waals surface area contributed by atoms with Crippen molar-refractivity contribution >= 4 is 0 Å². The molecule has 1 nitrogen and oxygen atoms in total. The SMILES string of the molecule is CCNC(c1ccc(C(F)(F)F)cc1)C(F)F. The summed E-state index contributed by atoms with van der Waals surface area (Å²) in [5, 5.41) is 2.53. The minimum Gasteiger partial charge on any atom is -0.306 e. The zero-order valence-electron chi connectivity index (χ0n) is 9.06. The van der Waals surface area contributed by atoms with E-state index in [1.165, 1.54) is 0 Å². The number of nitrogens with one attached hydrogen (secondary N) is 1. The molecule has 17 heavy (non-hydrogen) atoms. The molecule has 0 radical (unpaired) electrons. The fourth-order valence-corrected chi connectivity index (χ4v) is 1.45. The predicted octanol–water partition coefficient (Wildman–Crippen LogP) is 3.62. The Balaban J connectivity index is 2.92. The molecule has 0 heterocycles. The molecule has 0 amide bonds. The molecule has 0 aromatic heterocycles. The van der Waals surface area contributed by atoms with Crippen LogP contribution < -0.4 is 5.32 Å². The van der Waals surface area contributed by atoms with Gasteiger partial charge in [0.15, 0.2) is 0 Å². The number of hydrogen-bond acceptors (Lipinski definition) is 1. The van der Waals surface area contributed by atoms with Crippen molar-refractivity contribution in [1.29, 1.82) is 0 Å². The molecule has 0 fully saturated rings. The lowest BCUT2D eigenvalue weighted by Crippen LogP contribution is -2.27. The topological polar surface area (TPSA) is 12.0 Å². The zero-order chi connectivity index (χ0) is 13.1. The third-order valence-corrected chi connectivity index (χ3v) is 2.27. The van der Waals surface area contributed by atoms with E-state index in [4.69, 9.17) is 0 Å². The van der Waals surface area contributed by atoms with Gasteiger partial charge in [0, 0.05) is 0 Å². The molecule has 0 aliphatic rings. The predicted molar refractivity (Wildman–Crippen MR) is 53.9 cm³/mol. The van der Waals surface area contributed by atoms with Gasteiger partial charge >= 0.3 is 6.18 Å². The van der Waals surface area contributed by atoms with Crippen LogP contribution in [0.4, 0.5) is 22.0 Å². The Morgan fingerprint density at radius 3 is 2.00 bits per heavy atom. The summed E-state index contributed by atoms with van der Waals surface area (Å²) in [6.07, 6.45) is -7.11. The molecule has 1 aromatic carbocycles. The van der Waals surface area contributed by atoms with Gasteiger partial charge in [0.1, 0.15) is 0 Å². The summed E-state index contributed by atoms with van der Waals surface area (Å²) in [4.78, 5) is 0. The van der Waals surface area contributed by atoms with Gasteiger partial charge in [0.2, 0.25) is 0 Å². The van der Waals surface area contributed by atoms with Gasteiger partial charge in [0.25, 0.3) is 6.43 Å². The quantitative estimate of drug-likeness (QED) is 0.808. The molecule has 0 aliphatic heterocycles. The van der Waals surface area contributed by atoms with Crippen molar-refractivity contribution in [3.05, 3.63) is 35.4 Å². The molecule has 1 aromatic rings. The molecular formula is C11H12F5N. The van der Waals surface area contributed by atoms with E-state index in [-0.39, 0.29) is 5.56 Å². The molecular weight excluding hydrogens is 241 g/mol. The summed E-state index contributed by atoms with van der Waals surface area (Å²) in [5.74, 6) is 0. The fourth-order valence-electron chi connectivity index (χ4n) is 1.45. The maximum absolute atomic E-state index is 12.6. The zero-order valence-corrected chi connectivity index (χ0v) is 9.06. The van der Waals surface area contributed by atoms with E-state index in [0.717, 1.165) is 24.3 Å². The Labute approximate surface area is 95.6 Å². The van der Waals surface area contributed by atoms with E-state index >= 15 is 0 Å². The molecule has 0 saturated carbocycles. The Bertz CT molecular complexity index is 344. The number of rotatable bonds is 4. The highest BCUT2D eigenvalue weighted by Crippen LogP contribution is 2.30. The second-order valence-corrected chi connectivity index (χ2v) is 3.49. The summed E-state index contributed by atoms with van der Waals surface area (Å²) >= 11 is 0. The minimum absolute atomic E-state index is 0.148. The summed E-state index contributed by atoms with van der Waals surface area (Å²) < 4.78 is 62.0. The molecule has 6 heteroatoms. The van der Waals surface area contributed by atoms with E-state index in [9.17, 15) is 22.0 Å². The van der Waals surface area contributed by atoms with E-state index in [1.54, 1.807) is 6.92 Å².